The molecular formula is C12H14F2N2O4. The van der Waals surface area contributed by atoms with Crippen LogP contribution in [0.1, 0.15) is 17.3 Å². The van der Waals surface area contributed by atoms with Crippen molar-refractivity contribution in [1.29, 1.82) is 0 Å². The van der Waals surface area contributed by atoms with Crippen LogP contribution in [0, 0.1) is 27.7 Å². The standard InChI is InChI=1S/C12H14F2N2O4/c1-7(6-20-2)5-15-12(17)8-3-9(13)10(14)4-11(8)16(18)19/h3-4,7H,5-6H2,1-2H3,(H,15,17). The summed E-state index contributed by atoms with van der Waals surface area (Å²) < 4.78 is 30.9. The molecule has 0 heterocycles. The lowest BCUT2D eigenvalue weighted by Crippen LogP contribution is -2.30. The van der Waals surface area contributed by atoms with Gasteiger partial charge in [0.25, 0.3) is 11.6 Å². The van der Waals surface area contributed by atoms with Crippen LogP contribution >= 0.6 is 0 Å². The minimum absolute atomic E-state index is 0.0201. The average Bonchev–Trinajstić information content (AvgIpc) is 2.38. The number of halogens is 2. The monoisotopic (exact) mass is 288 g/mol. The summed E-state index contributed by atoms with van der Waals surface area (Å²) in [6, 6.07) is 0.909. The Hall–Kier alpha value is -2.09. The molecule has 6 nitrogen and oxygen atoms in total. The maximum atomic E-state index is 13.1. The Morgan fingerprint density at radius 3 is 2.60 bits per heavy atom. The summed E-state index contributed by atoms with van der Waals surface area (Å²) in [7, 11) is 1.50. The topological polar surface area (TPSA) is 81.5 Å². The Morgan fingerprint density at radius 1 is 1.45 bits per heavy atom. The number of benzene rings is 1. The molecule has 1 unspecified atom stereocenters. The summed E-state index contributed by atoms with van der Waals surface area (Å²) >= 11 is 0. The molecule has 0 aliphatic rings. The van der Waals surface area contributed by atoms with Gasteiger partial charge < -0.3 is 10.1 Å². The molecule has 8 heteroatoms. The molecule has 1 rings (SSSR count). The van der Waals surface area contributed by atoms with Gasteiger partial charge >= 0.3 is 0 Å². The number of carbonyl (C=O) groups excluding carboxylic acids is 1. The number of nitrogens with one attached hydrogen (secondary N) is 1. The van der Waals surface area contributed by atoms with Gasteiger partial charge in [0, 0.05) is 13.7 Å². The van der Waals surface area contributed by atoms with E-state index in [1.165, 1.54) is 7.11 Å². The average molecular weight is 288 g/mol. The van der Waals surface area contributed by atoms with Gasteiger partial charge in [0.05, 0.1) is 17.6 Å². The van der Waals surface area contributed by atoms with Crippen molar-refractivity contribution >= 4 is 11.6 Å². The Morgan fingerprint density at radius 2 is 2.05 bits per heavy atom. The molecule has 20 heavy (non-hydrogen) atoms. The molecule has 0 saturated heterocycles. The molecule has 1 aromatic carbocycles. The molecule has 0 saturated carbocycles. The van der Waals surface area contributed by atoms with Crippen molar-refractivity contribution in [3.8, 4) is 0 Å². The third-order valence-electron chi connectivity index (χ3n) is 2.54. The number of hydrogen-bond donors (Lipinski definition) is 1. The van der Waals surface area contributed by atoms with Crippen LogP contribution in [0.3, 0.4) is 0 Å². The lowest BCUT2D eigenvalue weighted by molar-refractivity contribution is -0.385. The molecule has 1 amide bonds. The van der Waals surface area contributed by atoms with Gasteiger partial charge in [-0.15, -0.1) is 0 Å². The second-order valence-corrected chi connectivity index (χ2v) is 4.31. The summed E-state index contributed by atoms with van der Waals surface area (Å²) in [6.45, 7) is 2.38. The van der Waals surface area contributed by atoms with E-state index in [-0.39, 0.29) is 12.5 Å². The van der Waals surface area contributed by atoms with E-state index in [4.69, 9.17) is 4.74 Å². The fraction of sp³-hybridized carbons (Fsp3) is 0.417. The van der Waals surface area contributed by atoms with Gasteiger partial charge in [0.2, 0.25) is 0 Å². The number of amides is 1. The Balaban J connectivity index is 2.92. The maximum absolute atomic E-state index is 13.1. The van der Waals surface area contributed by atoms with Crippen molar-refractivity contribution in [1.82, 2.24) is 5.32 Å². The minimum Gasteiger partial charge on any atom is -0.384 e. The zero-order chi connectivity index (χ0) is 15.3. The van der Waals surface area contributed by atoms with Crippen LogP contribution in [0.4, 0.5) is 14.5 Å². The van der Waals surface area contributed by atoms with E-state index in [9.17, 15) is 23.7 Å². The van der Waals surface area contributed by atoms with Crippen LogP contribution in [0.5, 0.6) is 0 Å². The highest BCUT2D eigenvalue weighted by atomic mass is 19.2. The van der Waals surface area contributed by atoms with E-state index in [2.05, 4.69) is 5.32 Å². The summed E-state index contributed by atoms with van der Waals surface area (Å²) in [4.78, 5) is 21.6. The van der Waals surface area contributed by atoms with Crippen LogP contribution in [-0.2, 0) is 4.74 Å². The van der Waals surface area contributed by atoms with Gasteiger partial charge in [0.15, 0.2) is 11.6 Å². The first-order valence-corrected chi connectivity index (χ1v) is 5.77. The number of nitrogens with zero attached hydrogens (tertiary/aromatic N) is 1. The molecule has 110 valence electrons. The van der Waals surface area contributed by atoms with Crippen LogP contribution in [0.15, 0.2) is 12.1 Å². The van der Waals surface area contributed by atoms with Crippen LogP contribution in [0.25, 0.3) is 0 Å². The van der Waals surface area contributed by atoms with Crippen molar-refractivity contribution in [2.45, 2.75) is 6.92 Å². The molecule has 0 aromatic heterocycles. The number of methoxy groups -OCH3 is 1. The first-order chi connectivity index (χ1) is 9.36. The van der Waals surface area contributed by atoms with Crippen LogP contribution in [-0.4, -0.2) is 31.1 Å². The van der Waals surface area contributed by atoms with E-state index < -0.39 is 33.7 Å². The Bertz CT molecular complexity index is 522. The van der Waals surface area contributed by atoms with Gasteiger partial charge in [-0.05, 0) is 12.0 Å². The predicted molar refractivity (Wildman–Crippen MR) is 66.4 cm³/mol. The van der Waals surface area contributed by atoms with Crippen molar-refractivity contribution in [2.75, 3.05) is 20.3 Å². The molecule has 0 spiro atoms. The highest BCUT2D eigenvalue weighted by Gasteiger charge is 2.24. The number of ether oxygens (including phenoxy) is 1. The predicted octanol–water partition coefficient (Wildman–Crippen LogP) is 1.89. The summed E-state index contributed by atoms with van der Waals surface area (Å²) in [5.41, 5.74) is -1.29. The van der Waals surface area contributed by atoms with Crippen molar-refractivity contribution in [3.63, 3.8) is 0 Å². The van der Waals surface area contributed by atoms with Gasteiger partial charge in [-0.2, -0.15) is 0 Å². The summed E-state index contributed by atoms with van der Waals surface area (Å²) in [5.74, 6) is -3.54. The normalized spacial score (nSPS) is 12.0. The largest absolute Gasteiger partial charge is 0.384 e. The number of hydrogen-bond acceptors (Lipinski definition) is 4. The minimum atomic E-state index is -1.37. The Kier molecular flexibility index (Phi) is 5.51. The third-order valence-corrected chi connectivity index (χ3v) is 2.54. The highest BCUT2D eigenvalue weighted by Crippen LogP contribution is 2.22. The SMILES string of the molecule is COCC(C)CNC(=O)c1cc(F)c(F)cc1[N+](=O)[O-]. The molecule has 1 aromatic rings. The van der Waals surface area contributed by atoms with Gasteiger partial charge in [0.1, 0.15) is 5.56 Å². The zero-order valence-corrected chi connectivity index (χ0v) is 11.0. The number of rotatable bonds is 6. The quantitative estimate of drug-likeness (QED) is 0.640. The third kappa shape index (κ3) is 3.95. The number of nitro groups is 1. The number of nitro benzene ring substituents is 1. The molecule has 0 aliphatic heterocycles. The second-order valence-electron chi connectivity index (χ2n) is 4.31. The fourth-order valence-corrected chi connectivity index (χ4v) is 1.57. The van der Waals surface area contributed by atoms with Crippen molar-refractivity contribution in [3.05, 3.63) is 39.4 Å². The molecule has 1 atom stereocenters. The van der Waals surface area contributed by atoms with E-state index in [1.54, 1.807) is 6.92 Å². The first kappa shape index (κ1) is 16.0. The van der Waals surface area contributed by atoms with E-state index in [1.807, 2.05) is 0 Å². The molecule has 0 radical (unpaired) electrons. The number of carbonyl (C=O) groups is 1. The van der Waals surface area contributed by atoms with Crippen LogP contribution < -0.4 is 5.32 Å². The fourth-order valence-electron chi connectivity index (χ4n) is 1.57. The smallest absolute Gasteiger partial charge is 0.285 e. The molecule has 0 bridgehead atoms. The first-order valence-electron chi connectivity index (χ1n) is 5.77. The molecule has 0 aliphatic carbocycles. The summed E-state index contributed by atoms with van der Waals surface area (Å²) in [5, 5.41) is 13.2. The molecular weight excluding hydrogens is 274 g/mol. The van der Waals surface area contributed by atoms with E-state index in [0.29, 0.717) is 18.7 Å². The lowest BCUT2D eigenvalue weighted by Gasteiger charge is -2.11. The van der Waals surface area contributed by atoms with Crippen molar-refractivity contribution in [2.24, 2.45) is 5.92 Å². The zero-order valence-electron chi connectivity index (χ0n) is 11.0. The molecule has 1 N–H and O–H groups in total. The maximum Gasteiger partial charge on any atom is 0.285 e. The lowest BCUT2D eigenvalue weighted by atomic mass is 10.1. The van der Waals surface area contributed by atoms with E-state index in [0.717, 1.165) is 0 Å². The van der Waals surface area contributed by atoms with Crippen molar-refractivity contribution < 1.29 is 23.2 Å². The van der Waals surface area contributed by atoms with Gasteiger partial charge in [-0.1, -0.05) is 6.92 Å². The molecule has 0 fully saturated rings. The van der Waals surface area contributed by atoms with E-state index >= 15 is 0 Å². The highest BCUT2D eigenvalue weighted by molar-refractivity contribution is 5.98. The van der Waals surface area contributed by atoms with Gasteiger partial charge in [-0.25, -0.2) is 8.78 Å². The second kappa shape index (κ2) is 6.90. The summed E-state index contributed by atoms with van der Waals surface area (Å²) in [6.07, 6.45) is 0. The van der Waals surface area contributed by atoms with Gasteiger partial charge in [-0.3, -0.25) is 14.9 Å². The Labute approximate surface area is 113 Å². The van der Waals surface area contributed by atoms with Crippen LogP contribution in [0.2, 0.25) is 0 Å².